The van der Waals surface area contributed by atoms with Crippen LogP contribution in [0.5, 0.6) is 0 Å². The molecule has 1 unspecified atom stereocenters. The van der Waals surface area contributed by atoms with Crippen LogP contribution in [-0.2, 0) is 17.7 Å². The number of morpholine rings is 1. The van der Waals surface area contributed by atoms with E-state index in [1.54, 1.807) is 0 Å². The first kappa shape index (κ1) is 13.5. The second-order valence-electron chi connectivity index (χ2n) is 4.95. The van der Waals surface area contributed by atoms with Crippen molar-refractivity contribution in [2.24, 2.45) is 0 Å². The van der Waals surface area contributed by atoms with Gasteiger partial charge in [0, 0.05) is 26.1 Å². The molecule has 0 spiro atoms. The largest absolute Gasteiger partial charge is 0.374 e. The van der Waals surface area contributed by atoms with Gasteiger partial charge in [-0.1, -0.05) is 12.1 Å². The van der Waals surface area contributed by atoms with Gasteiger partial charge in [-0.3, -0.25) is 4.90 Å². The molecular formula is C12H22N4O2. The minimum atomic E-state index is 0.270. The van der Waals surface area contributed by atoms with Crippen molar-refractivity contribution in [3.63, 3.8) is 0 Å². The monoisotopic (exact) mass is 254 g/mol. The summed E-state index contributed by atoms with van der Waals surface area (Å²) in [5, 5.41) is 3.99. The Hall–Kier alpha value is -0.980. The molecule has 1 atom stereocenters. The Labute approximate surface area is 108 Å². The van der Waals surface area contributed by atoms with E-state index in [1.807, 2.05) is 6.92 Å². The average Bonchev–Trinajstić information content (AvgIpc) is 2.76. The summed E-state index contributed by atoms with van der Waals surface area (Å²) in [6, 6.07) is 0. The topological polar surface area (TPSA) is 54.6 Å². The predicted octanol–water partition coefficient (Wildman–Crippen LogP) is 0.394. The van der Waals surface area contributed by atoms with Crippen molar-refractivity contribution in [1.29, 1.82) is 0 Å². The van der Waals surface area contributed by atoms with E-state index in [0.29, 0.717) is 5.89 Å². The number of aromatic nitrogens is 2. The molecule has 0 bridgehead atoms. The van der Waals surface area contributed by atoms with Crippen LogP contribution in [0.15, 0.2) is 4.52 Å². The van der Waals surface area contributed by atoms with Gasteiger partial charge in [0.05, 0.1) is 19.3 Å². The van der Waals surface area contributed by atoms with Crippen molar-refractivity contribution >= 4 is 0 Å². The Morgan fingerprint density at radius 1 is 1.44 bits per heavy atom. The quantitative estimate of drug-likeness (QED) is 0.758. The summed E-state index contributed by atoms with van der Waals surface area (Å²) >= 11 is 0. The molecule has 1 aliphatic rings. The lowest BCUT2D eigenvalue weighted by Gasteiger charge is -2.33. The first-order chi connectivity index (χ1) is 8.67. The normalized spacial score (nSPS) is 21.7. The zero-order chi connectivity index (χ0) is 13.0. The van der Waals surface area contributed by atoms with Crippen molar-refractivity contribution < 1.29 is 9.26 Å². The molecule has 0 N–H and O–H groups in total. The van der Waals surface area contributed by atoms with Gasteiger partial charge in [0.2, 0.25) is 5.89 Å². The fourth-order valence-corrected chi connectivity index (χ4v) is 2.14. The van der Waals surface area contributed by atoms with E-state index in [0.717, 1.165) is 45.0 Å². The van der Waals surface area contributed by atoms with E-state index in [1.165, 1.54) is 0 Å². The Morgan fingerprint density at radius 2 is 2.28 bits per heavy atom. The maximum atomic E-state index is 5.74. The second kappa shape index (κ2) is 6.26. The van der Waals surface area contributed by atoms with Gasteiger partial charge in [-0.15, -0.1) is 0 Å². The number of hydrogen-bond donors (Lipinski definition) is 0. The number of likely N-dealkylation sites (N-methyl/N-ethyl adjacent to an activating group) is 1. The Balaban J connectivity index is 1.85. The lowest BCUT2D eigenvalue weighted by atomic mass is 10.2. The summed E-state index contributed by atoms with van der Waals surface area (Å²) < 4.78 is 10.9. The highest BCUT2D eigenvalue weighted by atomic mass is 16.5. The molecule has 0 amide bonds. The van der Waals surface area contributed by atoms with Gasteiger partial charge in [-0.25, -0.2) is 0 Å². The molecule has 2 rings (SSSR count). The number of aryl methyl sites for hydroxylation is 1. The number of hydrogen-bond acceptors (Lipinski definition) is 6. The van der Waals surface area contributed by atoms with Crippen molar-refractivity contribution in [3.05, 3.63) is 11.7 Å². The molecule has 2 heterocycles. The molecule has 6 nitrogen and oxygen atoms in total. The molecule has 1 saturated heterocycles. The molecule has 1 fully saturated rings. The highest BCUT2D eigenvalue weighted by Gasteiger charge is 2.22. The highest BCUT2D eigenvalue weighted by molar-refractivity contribution is 4.87. The summed E-state index contributed by atoms with van der Waals surface area (Å²) in [7, 11) is 4.13. The van der Waals surface area contributed by atoms with Gasteiger partial charge < -0.3 is 14.2 Å². The summed E-state index contributed by atoms with van der Waals surface area (Å²) in [6.45, 7) is 6.34. The number of nitrogens with zero attached hydrogens (tertiary/aromatic N) is 4. The summed E-state index contributed by atoms with van der Waals surface area (Å²) in [4.78, 5) is 8.81. The molecule has 1 aromatic heterocycles. The lowest BCUT2D eigenvalue weighted by molar-refractivity contribution is -0.0414. The van der Waals surface area contributed by atoms with Crippen LogP contribution < -0.4 is 0 Å². The smallest absolute Gasteiger partial charge is 0.226 e. The SMILES string of the molecule is CCc1nc(CN2CCOC(CN(C)C)C2)no1. The van der Waals surface area contributed by atoms with E-state index in [9.17, 15) is 0 Å². The zero-order valence-electron chi connectivity index (χ0n) is 11.4. The standard InChI is InChI=1S/C12H22N4O2/c1-4-12-13-11(14-18-12)9-16-5-6-17-10(8-16)7-15(2)3/h10H,4-9H2,1-3H3. The minimum Gasteiger partial charge on any atom is -0.374 e. The van der Waals surface area contributed by atoms with Crippen LogP contribution in [-0.4, -0.2) is 66.4 Å². The van der Waals surface area contributed by atoms with Crippen LogP contribution in [0.4, 0.5) is 0 Å². The lowest BCUT2D eigenvalue weighted by Crippen LogP contribution is -2.46. The molecule has 0 aromatic carbocycles. The first-order valence-corrected chi connectivity index (χ1v) is 6.47. The van der Waals surface area contributed by atoms with E-state index in [2.05, 4.69) is 34.0 Å². The summed E-state index contributed by atoms with van der Waals surface area (Å²) in [6.07, 6.45) is 1.06. The predicted molar refractivity (Wildman–Crippen MR) is 67.2 cm³/mol. The first-order valence-electron chi connectivity index (χ1n) is 6.47. The molecule has 0 aliphatic carbocycles. The fraction of sp³-hybridized carbons (Fsp3) is 0.833. The fourth-order valence-electron chi connectivity index (χ4n) is 2.14. The van der Waals surface area contributed by atoms with Crippen LogP contribution in [0, 0.1) is 0 Å². The third kappa shape index (κ3) is 3.76. The van der Waals surface area contributed by atoms with Gasteiger partial charge >= 0.3 is 0 Å². The number of rotatable bonds is 5. The maximum Gasteiger partial charge on any atom is 0.226 e. The molecule has 18 heavy (non-hydrogen) atoms. The van der Waals surface area contributed by atoms with Gasteiger partial charge in [-0.2, -0.15) is 4.98 Å². The molecule has 102 valence electrons. The van der Waals surface area contributed by atoms with Crippen LogP contribution in [0.1, 0.15) is 18.6 Å². The van der Waals surface area contributed by atoms with Crippen LogP contribution >= 0.6 is 0 Å². The maximum absolute atomic E-state index is 5.74. The van der Waals surface area contributed by atoms with Crippen LogP contribution in [0.3, 0.4) is 0 Å². The third-order valence-electron chi connectivity index (χ3n) is 2.97. The van der Waals surface area contributed by atoms with Crippen molar-refractivity contribution in [1.82, 2.24) is 19.9 Å². The Morgan fingerprint density at radius 3 is 2.94 bits per heavy atom. The van der Waals surface area contributed by atoms with E-state index in [-0.39, 0.29) is 6.10 Å². The summed E-state index contributed by atoms with van der Waals surface area (Å²) in [5.41, 5.74) is 0. The number of ether oxygens (including phenoxy) is 1. The van der Waals surface area contributed by atoms with Crippen molar-refractivity contribution in [3.8, 4) is 0 Å². The van der Waals surface area contributed by atoms with Crippen molar-refractivity contribution in [2.45, 2.75) is 26.0 Å². The average molecular weight is 254 g/mol. The third-order valence-corrected chi connectivity index (χ3v) is 2.97. The van der Waals surface area contributed by atoms with Gasteiger partial charge in [0.15, 0.2) is 5.82 Å². The van der Waals surface area contributed by atoms with E-state index in [4.69, 9.17) is 9.26 Å². The van der Waals surface area contributed by atoms with E-state index < -0.39 is 0 Å². The molecule has 0 radical (unpaired) electrons. The minimum absolute atomic E-state index is 0.270. The summed E-state index contributed by atoms with van der Waals surface area (Å²) in [5.74, 6) is 1.49. The molecule has 0 saturated carbocycles. The van der Waals surface area contributed by atoms with Gasteiger partial charge in [0.25, 0.3) is 0 Å². The van der Waals surface area contributed by atoms with Crippen molar-refractivity contribution in [2.75, 3.05) is 40.3 Å². The molecule has 1 aliphatic heterocycles. The van der Waals surface area contributed by atoms with Gasteiger partial charge in [0.1, 0.15) is 0 Å². The Kier molecular flexibility index (Phi) is 4.68. The molecule has 1 aromatic rings. The van der Waals surface area contributed by atoms with Crippen LogP contribution in [0.25, 0.3) is 0 Å². The second-order valence-corrected chi connectivity index (χ2v) is 4.95. The molecule has 6 heteroatoms. The Bertz CT molecular complexity index is 367. The van der Waals surface area contributed by atoms with E-state index >= 15 is 0 Å². The molecular weight excluding hydrogens is 232 g/mol. The van der Waals surface area contributed by atoms with Crippen LogP contribution in [0.2, 0.25) is 0 Å². The highest BCUT2D eigenvalue weighted by Crippen LogP contribution is 2.09. The van der Waals surface area contributed by atoms with Gasteiger partial charge in [-0.05, 0) is 14.1 Å². The zero-order valence-corrected chi connectivity index (χ0v) is 11.4.